The van der Waals surface area contributed by atoms with Crippen LogP contribution in [0.2, 0.25) is 0 Å². The molecule has 1 heterocycles. The predicted octanol–water partition coefficient (Wildman–Crippen LogP) is 1.85. The zero-order valence-corrected chi connectivity index (χ0v) is 9.18. The summed E-state index contributed by atoms with van der Waals surface area (Å²) in [7, 11) is -3.46. The second-order valence-electron chi connectivity index (χ2n) is 3.15. The first-order valence-electron chi connectivity index (χ1n) is 4.66. The molecule has 0 spiro atoms. The van der Waals surface area contributed by atoms with Gasteiger partial charge in [-0.25, -0.2) is 13.4 Å². The number of nitrogens with zero attached hydrogens (tertiary/aromatic N) is 1. The zero-order chi connectivity index (χ0) is 11.4. The van der Waals surface area contributed by atoms with Gasteiger partial charge in [0.05, 0.1) is 0 Å². The Bertz CT molecular complexity index is 572. The van der Waals surface area contributed by atoms with Gasteiger partial charge in [0.15, 0.2) is 0 Å². The standard InChI is InChI=1S/C11H10N2O2S/c14-16(15,11-12-7-8-13-11)9-6-10-4-2-1-3-5-10/h1-9H,(H,12,13). The van der Waals surface area contributed by atoms with Crippen molar-refractivity contribution in [1.29, 1.82) is 0 Å². The molecule has 0 aliphatic carbocycles. The number of hydrogen-bond donors (Lipinski definition) is 1. The fraction of sp³-hybridized carbons (Fsp3) is 0. The van der Waals surface area contributed by atoms with Crippen LogP contribution in [0.4, 0.5) is 0 Å². The predicted molar refractivity (Wildman–Crippen MR) is 61.2 cm³/mol. The van der Waals surface area contributed by atoms with Gasteiger partial charge in [-0.3, -0.25) is 0 Å². The Morgan fingerprint density at radius 2 is 1.94 bits per heavy atom. The van der Waals surface area contributed by atoms with Gasteiger partial charge in [-0.05, 0) is 11.6 Å². The lowest BCUT2D eigenvalue weighted by molar-refractivity contribution is 0.598. The molecule has 82 valence electrons. The lowest BCUT2D eigenvalue weighted by Gasteiger charge is -1.93. The summed E-state index contributed by atoms with van der Waals surface area (Å²) >= 11 is 0. The summed E-state index contributed by atoms with van der Waals surface area (Å²) < 4.78 is 23.4. The minimum absolute atomic E-state index is 0.0420. The smallest absolute Gasteiger partial charge is 0.233 e. The first-order chi connectivity index (χ1) is 7.68. The number of hydrogen-bond acceptors (Lipinski definition) is 3. The Morgan fingerprint density at radius 3 is 2.56 bits per heavy atom. The van der Waals surface area contributed by atoms with Crippen molar-refractivity contribution in [3.8, 4) is 0 Å². The molecule has 1 aromatic heterocycles. The van der Waals surface area contributed by atoms with Crippen LogP contribution in [-0.4, -0.2) is 18.4 Å². The molecule has 0 atom stereocenters. The van der Waals surface area contributed by atoms with Crippen molar-refractivity contribution in [2.24, 2.45) is 0 Å². The van der Waals surface area contributed by atoms with Crippen LogP contribution in [0.5, 0.6) is 0 Å². The zero-order valence-electron chi connectivity index (χ0n) is 8.37. The number of imidazole rings is 1. The van der Waals surface area contributed by atoms with E-state index in [9.17, 15) is 8.42 Å². The van der Waals surface area contributed by atoms with Gasteiger partial charge in [-0.2, -0.15) is 0 Å². The highest BCUT2D eigenvalue weighted by molar-refractivity contribution is 7.94. The summed E-state index contributed by atoms with van der Waals surface area (Å²) in [6.45, 7) is 0. The second kappa shape index (κ2) is 4.32. The number of H-pyrrole nitrogens is 1. The van der Waals surface area contributed by atoms with Crippen LogP contribution < -0.4 is 0 Å². The Kier molecular flexibility index (Phi) is 2.87. The topological polar surface area (TPSA) is 62.8 Å². The van der Waals surface area contributed by atoms with Gasteiger partial charge in [0, 0.05) is 17.8 Å². The molecule has 4 nitrogen and oxygen atoms in total. The molecule has 0 saturated heterocycles. The van der Waals surface area contributed by atoms with E-state index < -0.39 is 9.84 Å². The molecule has 0 amide bonds. The summed E-state index contributed by atoms with van der Waals surface area (Å²) in [4.78, 5) is 6.27. The van der Waals surface area contributed by atoms with Gasteiger partial charge < -0.3 is 4.98 Å². The van der Waals surface area contributed by atoms with Crippen LogP contribution in [0.3, 0.4) is 0 Å². The van der Waals surface area contributed by atoms with Crippen LogP contribution in [0.1, 0.15) is 5.56 Å². The molecular weight excluding hydrogens is 224 g/mol. The number of aromatic nitrogens is 2. The van der Waals surface area contributed by atoms with Crippen LogP contribution >= 0.6 is 0 Å². The van der Waals surface area contributed by atoms with Crippen molar-refractivity contribution < 1.29 is 8.42 Å². The molecule has 2 aromatic rings. The fourth-order valence-corrected chi connectivity index (χ4v) is 2.11. The second-order valence-corrected chi connectivity index (χ2v) is 4.90. The van der Waals surface area contributed by atoms with Crippen molar-refractivity contribution >= 4 is 15.9 Å². The van der Waals surface area contributed by atoms with Crippen molar-refractivity contribution in [3.05, 3.63) is 53.7 Å². The third-order valence-electron chi connectivity index (χ3n) is 1.98. The summed E-state index contributed by atoms with van der Waals surface area (Å²) in [6.07, 6.45) is 4.42. The monoisotopic (exact) mass is 234 g/mol. The molecule has 1 aromatic carbocycles. The van der Waals surface area contributed by atoms with E-state index >= 15 is 0 Å². The quantitative estimate of drug-likeness (QED) is 0.881. The molecule has 0 aliphatic heterocycles. The van der Waals surface area contributed by atoms with Gasteiger partial charge in [0.25, 0.3) is 0 Å². The highest BCUT2D eigenvalue weighted by Gasteiger charge is 2.11. The minimum atomic E-state index is -3.46. The van der Waals surface area contributed by atoms with E-state index in [0.717, 1.165) is 11.0 Å². The van der Waals surface area contributed by atoms with E-state index in [1.54, 1.807) is 0 Å². The molecule has 0 fully saturated rings. The molecule has 1 N–H and O–H groups in total. The summed E-state index contributed by atoms with van der Waals surface area (Å²) in [5, 5.41) is 1.10. The molecule has 0 saturated carbocycles. The van der Waals surface area contributed by atoms with E-state index in [1.165, 1.54) is 18.5 Å². The third-order valence-corrected chi connectivity index (χ3v) is 3.24. The highest BCUT2D eigenvalue weighted by atomic mass is 32.2. The number of nitrogens with one attached hydrogen (secondary N) is 1. The van der Waals surface area contributed by atoms with Gasteiger partial charge >= 0.3 is 0 Å². The Morgan fingerprint density at radius 1 is 1.19 bits per heavy atom. The summed E-state index contributed by atoms with van der Waals surface area (Å²) in [5.74, 6) is 0. The van der Waals surface area contributed by atoms with Crippen LogP contribution in [-0.2, 0) is 9.84 Å². The SMILES string of the molecule is O=S(=O)(C=Cc1ccccc1)c1ncc[nH]1. The molecule has 2 rings (SSSR count). The van der Waals surface area contributed by atoms with Gasteiger partial charge in [-0.15, -0.1) is 0 Å². The fourth-order valence-electron chi connectivity index (χ4n) is 1.20. The Labute approximate surface area is 93.6 Å². The molecule has 0 radical (unpaired) electrons. The summed E-state index contributed by atoms with van der Waals surface area (Å²) in [6, 6.07) is 9.22. The molecular formula is C11H10N2O2S. The minimum Gasteiger partial charge on any atom is -0.335 e. The maximum atomic E-state index is 11.7. The number of aromatic amines is 1. The van der Waals surface area contributed by atoms with E-state index in [0.29, 0.717) is 0 Å². The van der Waals surface area contributed by atoms with Gasteiger partial charge in [0.1, 0.15) is 0 Å². The molecule has 5 heteroatoms. The highest BCUT2D eigenvalue weighted by Crippen LogP contribution is 2.08. The number of benzene rings is 1. The maximum Gasteiger partial charge on any atom is 0.233 e. The number of rotatable bonds is 3. The van der Waals surface area contributed by atoms with Crippen LogP contribution in [0.15, 0.2) is 53.3 Å². The van der Waals surface area contributed by atoms with E-state index in [2.05, 4.69) is 9.97 Å². The third kappa shape index (κ3) is 2.38. The van der Waals surface area contributed by atoms with Gasteiger partial charge in [0.2, 0.25) is 15.0 Å². The summed E-state index contributed by atoms with van der Waals surface area (Å²) in [5.41, 5.74) is 0.831. The maximum absolute atomic E-state index is 11.7. The molecule has 0 unspecified atom stereocenters. The first-order valence-corrected chi connectivity index (χ1v) is 6.21. The largest absolute Gasteiger partial charge is 0.335 e. The van der Waals surface area contributed by atoms with E-state index in [1.807, 2.05) is 30.3 Å². The Hall–Kier alpha value is -1.88. The van der Waals surface area contributed by atoms with Gasteiger partial charge in [-0.1, -0.05) is 30.3 Å². The lowest BCUT2D eigenvalue weighted by atomic mass is 10.2. The first kappa shape index (κ1) is 10.6. The average Bonchev–Trinajstić information content (AvgIpc) is 2.82. The van der Waals surface area contributed by atoms with Crippen molar-refractivity contribution in [2.75, 3.05) is 0 Å². The van der Waals surface area contributed by atoms with Crippen LogP contribution in [0, 0.1) is 0 Å². The van der Waals surface area contributed by atoms with Crippen molar-refractivity contribution in [3.63, 3.8) is 0 Å². The van der Waals surface area contributed by atoms with E-state index in [-0.39, 0.29) is 5.16 Å². The molecule has 16 heavy (non-hydrogen) atoms. The lowest BCUT2D eigenvalue weighted by Crippen LogP contribution is -1.98. The van der Waals surface area contributed by atoms with Crippen molar-refractivity contribution in [2.45, 2.75) is 5.16 Å². The van der Waals surface area contributed by atoms with E-state index in [4.69, 9.17) is 0 Å². The Balaban J connectivity index is 2.26. The number of sulfone groups is 1. The van der Waals surface area contributed by atoms with Crippen molar-refractivity contribution in [1.82, 2.24) is 9.97 Å². The van der Waals surface area contributed by atoms with Crippen LogP contribution in [0.25, 0.3) is 6.08 Å². The molecule has 0 aliphatic rings. The molecule has 0 bridgehead atoms. The normalized spacial score (nSPS) is 12.0. The average molecular weight is 234 g/mol.